The Kier molecular flexibility index (Phi) is 6.49. The van der Waals surface area contributed by atoms with Crippen LogP contribution in [0.4, 0.5) is 0 Å². The minimum Gasteiger partial charge on any atom is -0.305 e. The molecule has 23 heavy (non-hydrogen) atoms. The third kappa shape index (κ3) is 5.59. The Labute approximate surface area is 142 Å². The van der Waals surface area contributed by atoms with Crippen molar-refractivity contribution in [1.82, 2.24) is 14.7 Å². The Morgan fingerprint density at radius 2 is 1.78 bits per heavy atom. The van der Waals surface area contributed by atoms with Gasteiger partial charge in [-0.2, -0.15) is 0 Å². The number of hydrogen-bond acceptors (Lipinski definition) is 3. The van der Waals surface area contributed by atoms with Crippen LogP contribution in [0, 0.1) is 5.92 Å². The van der Waals surface area contributed by atoms with Crippen LogP contribution in [0.3, 0.4) is 0 Å². The second-order valence-electron chi connectivity index (χ2n) is 7.54. The molecule has 2 aliphatic heterocycles. The lowest BCUT2D eigenvalue weighted by atomic mass is 10.1. The molecule has 0 N–H and O–H groups in total. The molecule has 128 valence electrons. The van der Waals surface area contributed by atoms with Gasteiger partial charge >= 0.3 is 0 Å². The largest absolute Gasteiger partial charge is 0.305 e. The lowest BCUT2D eigenvalue weighted by Gasteiger charge is -2.29. The third-order valence-corrected chi connectivity index (χ3v) is 5.44. The van der Waals surface area contributed by atoms with E-state index in [0.29, 0.717) is 0 Å². The maximum atomic E-state index is 2.65. The highest BCUT2D eigenvalue weighted by Crippen LogP contribution is 2.19. The van der Waals surface area contributed by atoms with E-state index in [0.717, 1.165) is 12.5 Å². The number of hydrogen-bond donors (Lipinski definition) is 0. The van der Waals surface area contributed by atoms with Crippen LogP contribution in [0.15, 0.2) is 30.3 Å². The van der Waals surface area contributed by atoms with Gasteiger partial charge in [-0.05, 0) is 57.4 Å². The minimum atomic E-state index is 0.852. The Hall–Kier alpha value is -0.900. The van der Waals surface area contributed by atoms with E-state index >= 15 is 0 Å². The normalized spacial score (nSPS) is 23.7. The van der Waals surface area contributed by atoms with Crippen LogP contribution in [0.5, 0.6) is 0 Å². The number of benzene rings is 1. The van der Waals surface area contributed by atoms with Crippen LogP contribution in [0.25, 0.3) is 0 Å². The van der Waals surface area contributed by atoms with Crippen molar-refractivity contribution in [2.24, 2.45) is 5.92 Å². The average Bonchev–Trinajstić information content (AvgIpc) is 3.02. The molecule has 0 saturated carbocycles. The molecule has 0 bridgehead atoms. The van der Waals surface area contributed by atoms with Crippen molar-refractivity contribution < 1.29 is 0 Å². The summed E-state index contributed by atoms with van der Waals surface area (Å²) in [6.45, 7) is 10.0. The summed E-state index contributed by atoms with van der Waals surface area (Å²) >= 11 is 0. The lowest BCUT2D eigenvalue weighted by Crippen LogP contribution is -2.38. The molecule has 1 unspecified atom stereocenters. The molecule has 2 saturated heterocycles. The molecule has 0 aliphatic carbocycles. The number of likely N-dealkylation sites (N-methyl/N-ethyl adjacent to an activating group) is 1. The lowest BCUT2D eigenvalue weighted by molar-refractivity contribution is 0.185. The van der Waals surface area contributed by atoms with E-state index < -0.39 is 0 Å². The first-order valence-corrected chi connectivity index (χ1v) is 9.47. The first-order chi connectivity index (χ1) is 11.3. The van der Waals surface area contributed by atoms with Gasteiger partial charge in [0.1, 0.15) is 0 Å². The van der Waals surface area contributed by atoms with Gasteiger partial charge in [0.25, 0.3) is 0 Å². The second kappa shape index (κ2) is 8.81. The molecule has 0 aromatic heterocycles. The molecular weight excluding hydrogens is 282 g/mol. The Morgan fingerprint density at radius 1 is 1.00 bits per heavy atom. The quantitative estimate of drug-likeness (QED) is 0.766. The SMILES string of the molecule is CN(CCN1CCCCC1)CC1CCN(Cc2ccccc2)C1. The highest BCUT2D eigenvalue weighted by molar-refractivity contribution is 5.14. The first-order valence-electron chi connectivity index (χ1n) is 9.47. The molecule has 3 rings (SSSR count). The molecular formula is C20H33N3. The van der Waals surface area contributed by atoms with Gasteiger partial charge in [0, 0.05) is 32.7 Å². The Bertz CT molecular complexity index is 441. The van der Waals surface area contributed by atoms with Crippen LogP contribution < -0.4 is 0 Å². The summed E-state index contributed by atoms with van der Waals surface area (Å²) in [4.78, 5) is 7.83. The molecule has 0 spiro atoms. The van der Waals surface area contributed by atoms with E-state index in [1.54, 1.807) is 0 Å². The van der Waals surface area contributed by atoms with Crippen LogP contribution in [-0.4, -0.2) is 67.6 Å². The summed E-state index contributed by atoms with van der Waals surface area (Å²) in [6, 6.07) is 10.9. The number of likely N-dealkylation sites (tertiary alicyclic amines) is 2. The molecule has 1 aromatic carbocycles. The van der Waals surface area contributed by atoms with Crippen LogP contribution >= 0.6 is 0 Å². The third-order valence-electron chi connectivity index (χ3n) is 5.44. The topological polar surface area (TPSA) is 9.72 Å². The number of rotatable bonds is 7. The summed E-state index contributed by atoms with van der Waals surface area (Å²) < 4.78 is 0. The van der Waals surface area contributed by atoms with Crippen molar-refractivity contribution in [3.8, 4) is 0 Å². The van der Waals surface area contributed by atoms with Crippen molar-refractivity contribution in [1.29, 1.82) is 0 Å². The highest BCUT2D eigenvalue weighted by atomic mass is 15.2. The fraction of sp³-hybridized carbons (Fsp3) is 0.700. The van der Waals surface area contributed by atoms with E-state index in [-0.39, 0.29) is 0 Å². The zero-order valence-electron chi connectivity index (χ0n) is 14.8. The maximum absolute atomic E-state index is 2.65. The molecule has 0 radical (unpaired) electrons. The molecule has 2 aliphatic rings. The van der Waals surface area contributed by atoms with Crippen molar-refractivity contribution in [3.05, 3.63) is 35.9 Å². The first kappa shape index (κ1) is 16.9. The van der Waals surface area contributed by atoms with Crippen LogP contribution in [0.1, 0.15) is 31.2 Å². The van der Waals surface area contributed by atoms with Gasteiger partial charge in [0.05, 0.1) is 0 Å². The molecule has 3 nitrogen and oxygen atoms in total. The van der Waals surface area contributed by atoms with Crippen molar-refractivity contribution >= 4 is 0 Å². The Balaban J connectivity index is 1.34. The summed E-state index contributed by atoms with van der Waals surface area (Å²) in [5.41, 5.74) is 1.45. The molecule has 1 atom stereocenters. The van der Waals surface area contributed by atoms with Crippen molar-refractivity contribution in [2.75, 3.05) is 52.9 Å². The van der Waals surface area contributed by atoms with Gasteiger partial charge in [-0.25, -0.2) is 0 Å². The van der Waals surface area contributed by atoms with Gasteiger partial charge in [-0.15, -0.1) is 0 Å². The summed E-state index contributed by atoms with van der Waals surface area (Å²) in [5, 5.41) is 0. The fourth-order valence-electron chi connectivity index (χ4n) is 4.07. The van der Waals surface area contributed by atoms with Gasteiger partial charge < -0.3 is 9.80 Å². The number of nitrogens with zero attached hydrogens (tertiary/aromatic N) is 3. The van der Waals surface area contributed by atoms with Crippen molar-refractivity contribution in [3.63, 3.8) is 0 Å². The zero-order chi connectivity index (χ0) is 15.9. The smallest absolute Gasteiger partial charge is 0.0233 e. The van der Waals surface area contributed by atoms with Crippen molar-refractivity contribution in [2.45, 2.75) is 32.2 Å². The van der Waals surface area contributed by atoms with Gasteiger partial charge in [0.15, 0.2) is 0 Å². The molecule has 3 heteroatoms. The van der Waals surface area contributed by atoms with Gasteiger partial charge in [-0.1, -0.05) is 36.8 Å². The minimum absolute atomic E-state index is 0.852. The summed E-state index contributed by atoms with van der Waals surface area (Å²) in [6.07, 6.45) is 5.61. The van der Waals surface area contributed by atoms with E-state index in [2.05, 4.69) is 52.1 Å². The molecule has 2 fully saturated rings. The monoisotopic (exact) mass is 315 g/mol. The molecule has 0 amide bonds. The summed E-state index contributed by atoms with van der Waals surface area (Å²) in [5.74, 6) is 0.852. The fourth-order valence-corrected chi connectivity index (χ4v) is 4.07. The standard InChI is InChI=1S/C20H33N3/c1-21(14-15-22-11-6-3-7-12-22)16-20-10-13-23(18-20)17-19-8-4-2-5-9-19/h2,4-5,8-9,20H,3,6-7,10-18H2,1H3. The predicted molar refractivity (Wildman–Crippen MR) is 97.6 cm³/mol. The van der Waals surface area contributed by atoms with E-state index in [9.17, 15) is 0 Å². The average molecular weight is 316 g/mol. The Morgan fingerprint density at radius 3 is 2.57 bits per heavy atom. The van der Waals surface area contributed by atoms with E-state index in [4.69, 9.17) is 0 Å². The van der Waals surface area contributed by atoms with Crippen LogP contribution in [-0.2, 0) is 6.54 Å². The predicted octanol–water partition coefficient (Wildman–Crippen LogP) is 2.93. The molecule has 1 aromatic rings. The second-order valence-corrected chi connectivity index (χ2v) is 7.54. The van der Waals surface area contributed by atoms with Gasteiger partial charge in [0.2, 0.25) is 0 Å². The maximum Gasteiger partial charge on any atom is 0.0233 e. The highest BCUT2D eigenvalue weighted by Gasteiger charge is 2.23. The number of piperidine rings is 1. The van der Waals surface area contributed by atoms with E-state index in [1.165, 1.54) is 77.1 Å². The van der Waals surface area contributed by atoms with Crippen LogP contribution in [0.2, 0.25) is 0 Å². The zero-order valence-corrected chi connectivity index (χ0v) is 14.8. The van der Waals surface area contributed by atoms with E-state index in [1.807, 2.05) is 0 Å². The van der Waals surface area contributed by atoms with Gasteiger partial charge in [-0.3, -0.25) is 4.90 Å². The summed E-state index contributed by atoms with van der Waals surface area (Å²) in [7, 11) is 2.31. The molecule has 2 heterocycles.